The Morgan fingerprint density at radius 1 is 1.31 bits per heavy atom. The van der Waals surface area contributed by atoms with Crippen LogP contribution in [0, 0.1) is 5.41 Å². The van der Waals surface area contributed by atoms with Crippen LogP contribution in [0.2, 0.25) is 0 Å². The Morgan fingerprint density at radius 2 is 2.00 bits per heavy atom. The second-order valence-corrected chi connectivity index (χ2v) is 7.42. The molecule has 0 atom stereocenters. The quantitative estimate of drug-likeness (QED) is 0.627. The van der Waals surface area contributed by atoms with Crippen molar-refractivity contribution in [3.63, 3.8) is 0 Å². The van der Waals surface area contributed by atoms with Gasteiger partial charge in [0.2, 0.25) is 5.91 Å². The van der Waals surface area contributed by atoms with Crippen LogP contribution >= 0.6 is 11.8 Å². The van der Waals surface area contributed by atoms with Crippen molar-refractivity contribution in [1.29, 1.82) is 5.41 Å². The molecule has 0 saturated carbocycles. The molecule has 140 valence electrons. The van der Waals surface area contributed by atoms with Crippen LogP contribution in [0.5, 0.6) is 5.75 Å². The molecule has 8 heteroatoms. The highest BCUT2D eigenvalue weighted by atomic mass is 32.2. The number of thioether (sulfide) groups is 1. The van der Waals surface area contributed by atoms with E-state index in [1.165, 1.54) is 0 Å². The van der Waals surface area contributed by atoms with Crippen molar-refractivity contribution in [2.45, 2.75) is 32.8 Å². The summed E-state index contributed by atoms with van der Waals surface area (Å²) in [7, 11) is 1.57. The van der Waals surface area contributed by atoms with Gasteiger partial charge in [-0.25, -0.2) is 4.79 Å². The van der Waals surface area contributed by atoms with Gasteiger partial charge in [0.15, 0.2) is 5.17 Å². The van der Waals surface area contributed by atoms with Crippen LogP contribution in [0.15, 0.2) is 24.4 Å². The summed E-state index contributed by atoms with van der Waals surface area (Å²) >= 11 is 0.998. The zero-order valence-electron chi connectivity index (χ0n) is 15.5. The van der Waals surface area contributed by atoms with E-state index in [9.17, 15) is 9.59 Å². The molecule has 0 fully saturated rings. The van der Waals surface area contributed by atoms with E-state index < -0.39 is 17.6 Å². The summed E-state index contributed by atoms with van der Waals surface area (Å²) < 4.78 is 10.5. The molecule has 7 nitrogen and oxygen atoms in total. The Bertz CT molecular complexity index is 839. The van der Waals surface area contributed by atoms with Gasteiger partial charge in [-0.2, -0.15) is 4.90 Å². The molecular formula is C18H23N3O4S. The molecule has 0 unspecified atom stereocenters. The van der Waals surface area contributed by atoms with Crippen LogP contribution in [0.3, 0.4) is 0 Å². The second-order valence-electron chi connectivity index (χ2n) is 6.62. The van der Waals surface area contributed by atoms with Crippen LogP contribution in [0.1, 0.15) is 26.3 Å². The van der Waals surface area contributed by atoms with Crippen molar-refractivity contribution >= 4 is 39.8 Å². The molecule has 0 saturated heterocycles. The number of nitrogens with zero attached hydrogens (tertiary/aromatic N) is 1. The van der Waals surface area contributed by atoms with E-state index >= 15 is 0 Å². The lowest BCUT2D eigenvalue weighted by atomic mass is 10.1. The Morgan fingerprint density at radius 3 is 2.58 bits per heavy atom. The molecule has 1 aromatic carbocycles. The van der Waals surface area contributed by atoms with Gasteiger partial charge in [0, 0.05) is 17.1 Å². The number of nitrogens with one attached hydrogen (secondary N) is 2. The minimum atomic E-state index is -0.848. The molecule has 0 bridgehead atoms. The van der Waals surface area contributed by atoms with E-state index in [2.05, 4.69) is 4.98 Å². The number of carbonyl (C=O) groups excluding carboxylic acids is 2. The van der Waals surface area contributed by atoms with E-state index in [1.807, 2.05) is 18.2 Å². The average Bonchev–Trinajstić information content (AvgIpc) is 2.95. The number of hydrogen-bond donors (Lipinski definition) is 2. The second kappa shape index (κ2) is 7.82. The maximum atomic E-state index is 12.8. The van der Waals surface area contributed by atoms with E-state index in [1.54, 1.807) is 40.3 Å². The third kappa shape index (κ3) is 4.57. The molecule has 0 spiro atoms. The fourth-order valence-electron chi connectivity index (χ4n) is 2.37. The highest BCUT2D eigenvalue weighted by molar-refractivity contribution is 8.13. The first-order chi connectivity index (χ1) is 12.2. The largest absolute Gasteiger partial charge is 0.497 e. The van der Waals surface area contributed by atoms with Crippen molar-refractivity contribution in [3.8, 4) is 5.75 Å². The molecule has 2 aromatic rings. The summed E-state index contributed by atoms with van der Waals surface area (Å²) in [6.07, 6.45) is 2.45. The number of fused-ring (bicyclic) bond motifs is 1. The van der Waals surface area contributed by atoms with Crippen molar-refractivity contribution in [2.24, 2.45) is 0 Å². The van der Waals surface area contributed by atoms with Gasteiger partial charge in [0.05, 0.1) is 13.5 Å². The fraction of sp³-hybridized carbons (Fsp3) is 0.389. The highest BCUT2D eigenvalue weighted by Crippen LogP contribution is 2.25. The molecule has 2 rings (SSSR count). The number of imide groups is 1. The van der Waals surface area contributed by atoms with Crippen molar-refractivity contribution in [1.82, 2.24) is 9.88 Å². The predicted molar refractivity (Wildman–Crippen MR) is 103 cm³/mol. The summed E-state index contributed by atoms with van der Waals surface area (Å²) in [6, 6.07) is 5.50. The number of amides is 2. The lowest BCUT2D eigenvalue weighted by Gasteiger charge is -2.25. The topological polar surface area (TPSA) is 95.5 Å². The van der Waals surface area contributed by atoms with Gasteiger partial charge in [-0.3, -0.25) is 10.2 Å². The summed E-state index contributed by atoms with van der Waals surface area (Å²) in [5.41, 5.74) is 0.811. The van der Waals surface area contributed by atoms with Gasteiger partial charge in [-0.05, 0) is 50.8 Å². The first-order valence-corrected chi connectivity index (χ1v) is 9.21. The fourth-order valence-corrected chi connectivity index (χ4v) is 2.73. The van der Waals surface area contributed by atoms with Gasteiger partial charge in [0.1, 0.15) is 11.4 Å². The third-order valence-electron chi connectivity index (χ3n) is 3.54. The summed E-state index contributed by atoms with van der Waals surface area (Å²) in [5, 5.41) is 8.61. The number of H-pyrrole nitrogens is 1. The first-order valence-electron chi connectivity index (χ1n) is 7.98. The highest BCUT2D eigenvalue weighted by Gasteiger charge is 2.30. The molecule has 2 amide bonds. The van der Waals surface area contributed by atoms with Crippen LogP contribution in [0.25, 0.3) is 10.9 Å². The Labute approximate surface area is 156 Å². The van der Waals surface area contributed by atoms with Crippen molar-refractivity contribution < 1.29 is 19.1 Å². The van der Waals surface area contributed by atoms with Gasteiger partial charge in [-0.1, -0.05) is 11.8 Å². The number of aromatic nitrogens is 1. The zero-order valence-corrected chi connectivity index (χ0v) is 16.3. The maximum Gasteiger partial charge on any atom is 0.423 e. The summed E-state index contributed by atoms with van der Waals surface area (Å²) in [4.78, 5) is 29.0. The molecule has 0 radical (unpaired) electrons. The van der Waals surface area contributed by atoms with Gasteiger partial charge < -0.3 is 14.5 Å². The third-order valence-corrected chi connectivity index (χ3v) is 4.11. The Hall–Kier alpha value is -2.48. The number of methoxy groups -OCH3 is 1. The number of aromatic amines is 1. The standard InChI is InChI=1S/C18H23N3O4S/c1-18(2,3)25-17(23)21(16(19)26-5)15(22)8-11-10-20-14-7-6-12(24-4)9-13(11)14/h6-7,9-10,19-20H,8H2,1-5H3. The Balaban J connectivity index is 2.29. The van der Waals surface area contributed by atoms with Gasteiger partial charge in [0.25, 0.3) is 0 Å². The van der Waals surface area contributed by atoms with Crippen molar-refractivity contribution in [2.75, 3.05) is 13.4 Å². The number of carbonyl (C=O) groups is 2. The SMILES string of the molecule is COc1ccc2[nH]cc(CC(=O)N(C(=N)SC)C(=O)OC(C)(C)C)c2c1. The monoisotopic (exact) mass is 377 g/mol. The number of benzene rings is 1. The smallest absolute Gasteiger partial charge is 0.423 e. The number of ether oxygens (including phenoxy) is 2. The van der Waals surface area contributed by atoms with Crippen molar-refractivity contribution in [3.05, 3.63) is 30.0 Å². The van der Waals surface area contributed by atoms with Crippen LogP contribution in [-0.4, -0.2) is 46.0 Å². The van der Waals surface area contributed by atoms with Crippen LogP contribution in [-0.2, 0) is 16.0 Å². The lowest BCUT2D eigenvalue weighted by Crippen LogP contribution is -2.44. The Kier molecular flexibility index (Phi) is 5.97. The molecule has 2 N–H and O–H groups in total. The minimum absolute atomic E-state index is 0.0463. The lowest BCUT2D eigenvalue weighted by molar-refractivity contribution is -0.125. The first kappa shape index (κ1) is 19.8. The van der Waals surface area contributed by atoms with E-state index in [-0.39, 0.29) is 11.6 Å². The van der Waals surface area contributed by atoms with Crippen LogP contribution in [0.4, 0.5) is 4.79 Å². The molecule has 1 heterocycles. The normalized spacial score (nSPS) is 11.3. The van der Waals surface area contributed by atoms with E-state index in [0.29, 0.717) is 11.3 Å². The molecular weight excluding hydrogens is 354 g/mol. The molecule has 1 aromatic heterocycles. The average molecular weight is 377 g/mol. The van der Waals surface area contributed by atoms with Gasteiger partial charge in [-0.15, -0.1) is 0 Å². The molecule has 0 aliphatic rings. The summed E-state index contributed by atoms with van der Waals surface area (Å²) in [5.74, 6) is 0.147. The van der Waals surface area contributed by atoms with E-state index in [4.69, 9.17) is 14.9 Å². The molecule has 0 aliphatic heterocycles. The van der Waals surface area contributed by atoms with Gasteiger partial charge >= 0.3 is 6.09 Å². The predicted octanol–water partition coefficient (Wildman–Crippen LogP) is 3.78. The number of hydrogen-bond acceptors (Lipinski definition) is 6. The minimum Gasteiger partial charge on any atom is -0.497 e. The van der Waals surface area contributed by atoms with E-state index in [0.717, 1.165) is 27.6 Å². The molecule has 0 aliphatic carbocycles. The number of rotatable bonds is 3. The summed E-state index contributed by atoms with van der Waals surface area (Å²) in [6.45, 7) is 5.13. The number of amidine groups is 1. The van der Waals surface area contributed by atoms with Crippen LogP contribution < -0.4 is 4.74 Å². The molecule has 26 heavy (non-hydrogen) atoms. The zero-order chi connectivity index (χ0) is 19.5. The maximum absolute atomic E-state index is 12.8.